The van der Waals surface area contributed by atoms with Crippen molar-refractivity contribution < 1.29 is 5.11 Å². The summed E-state index contributed by atoms with van der Waals surface area (Å²) in [6.07, 6.45) is 2.40. The summed E-state index contributed by atoms with van der Waals surface area (Å²) >= 11 is 0. The molecular weight excluding hydrogens is 114 g/mol. The largest absolute Gasteiger partial charge is 0.511 e. The third-order valence-electron chi connectivity index (χ3n) is 0.912. The molecule has 0 saturated carbocycles. The zero-order valence-corrected chi connectivity index (χ0v) is 5.94. The lowest BCUT2D eigenvalue weighted by molar-refractivity contribution is 0.410. The van der Waals surface area contributed by atoms with Crippen LogP contribution >= 0.6 is 0 Å². The molecule has 0 rings (SSSR count). The van der Waals surface area contributed by atoms with Gasteiger partial charge in [0.15, 0.2) is 0 Å². The Morgan fingerprint density at radius 3 is 2.67 bits per heavy atom. The molecule has 0 fully saturated rings. The molecule has 0 heterocycles. The van der Waals surface area contributed by atoms with Gasteiger partial charge in [0.1, 0.15) is 5.76 Å². The first-order chi connectivity index (χ1) is 4.16. The van der Waals surface area contributed by atoms with Gasteiger partial charge < -0.3 is 10.4 Å². The second-order valence-electron chi connectivity index (χ2n) is 1.89. The molecular formula is C7H13NO. The van der Waals surface area contributed by atoms with Gasteiger partial charge in [-0.15, -0.1) is 0 Å². The molecule has 0 amide bonds. The van der Waals surface area contributed by atoms with Gasteiger partial charge in [0.25, 0.3) is 0 Å². The number of hydrogen-bond donors (Lipinski definition) is 2. The molecule has 0 bridgehead atoms. The predicted octanol–water partition coefficient (Wildman–Crippen LogP) is 1.92. The summed E-state index contributed by atoms with van der Waals surface area (Å²) in [5.74, 6) is 0.268. The van der Waals surface area contributed by atoms with E-state index in [0.29, 0.717) is 0 Å². The summed E-state index contributed by atoms with van der Waals surface area (Å²) in [4.78, 5) is 0. The van der Waals surface area contributed by atoms with Gasteiger partial charge in [0, 0.05) is 11.9 Å². The number of aliphatic hydroxyl groups excluding tert-OH is 1. The van der Waals surface area contributed by atoms with Crippen LogP contribution in [0.25, 0.3) is 0 Å². The van der Waals surface area contributed by atoms with Gasteiger partial charge >= 0.3 is 0 Å². The molecule has 0 atom stereocenters. The smallest absolute Gasteiger partial charge is 0.105 e. The predicted molar refractivity (Wildman–Crippen MR) is 39.0 cm³/mol. The Bertz CT molecular complexity index is 123. The molecule has 0 aromatic heterocycles. The third-order valence-corrected chi connectivity index (χ3v) is 0.912. The van der Waals surface area contributed by atoms with Crippen molar-refractivity contribution in [3.05, 3.63) is 24.2 Å². The molecule has 0 unspecified atom stereocenters. The van der Waals surface area contributed by atoms with Crippen molar-refractivity contribution in [3.63, 3.8) is 0 Å². The Morgan fingerprint density at radius 2 is 2.33 bits per heavy atom. The lowest BCUT2D eigenvalue weighted by Crippen LogP contribution is -2.02. The molecule has 0 spiro atoms. The standard InChI is InChI=1S/C7H13NO/c1-4-6(2)8-5-7(3)9/h5,8-9H,2,4H2,1,3H3/b7-5+. The summed E-state index contributed by atoms with van der Waals surface area (Å²) in [6.45, 7) is 7.28. The summed E-state index contributed by atoms with van der Waals surface area (Å²) in [6, 6.07) is 0. The van der Waals surface area contributed by atoms with Crippen LogP contribution in [0.3, 0.4) is 0 Å². The van der Waals surface area contributed by atoms with Crippen molar-refractivity contribution in [2.24, 2.45) is 0 Å². The average molecular weight is 127 g/mol. The minimum atomic E-state index is 0.268. The van der Waals surface area contributed by atoms with Crippen LogP contribution in [0.1, 0.15) is 20.3 Å². The van der Waals surface area contributed by atoms with Crippen LogP contribution in [-0.4, -0.2) is 5.11 Å². The molecule has 0 aliphatic heterocycles. The fraction of sp³-hybridized carbons (Fsp3) is 0.429. The van der Waals surface area contributed by atoms with E-state index < -0.39 is 0 Å². The number of hydrogen-bond acceptors (Lipinski definition) is 2. The third kappa shape index (κ3) is 4.94. The fourth-order valence-corrected chi connectivity index (χ4v) is 0.309. The van der Waals surface area contributed by atoms with Crippen molar-refractivity contribution in [2.75, 3.05) is 0 Å². The molecule has 0 aromatic rings. The van der Waals surface area contributed by atoms with E-state index in [1.807, 2.05) is 6.92 Å². The van der Waals surface area contributed by atoms with Gasteiger partial charge in [-0.2, -0.15) is 0 Å². The van der Waals surface area contributed by atoms with Crippen LogP contribution in [0, 0.1) is 0 Å². The van der Waals surface area contributed by atoms with Gasteiger partial charge in [-0.3, -0.25) is 0 Å². The Balaban J connectivity index is 3.50. The van der Waals surface area contributed by atoms with E-state index in [1.54, 1.807) is 6.92 Å². The minimum Gasteiger partial charge on any atom is -0.511 e. The Hall–Kier alpha value is -0.920. The fourth-order valence-electron chi connectivity index (χ4n) is 0.309. The monoisotopic (exact) mass is 127 g/mol. The zero-order chi connectivity index (χ0) is 7.28. The van der Waals surface area contributed by atoms with Crippen LogP contribution in [0.4, 0.5) is 0 Å². The van der Waals surface area contributed by atoms with Crippen molar-refractivity contribution in [1.29, 1.82) is 0 Å². The molecule has 0 aliphatic rings. The molecule has 2 N–H and O–H groups in total. The normalized spacial score (nSPS) is 11.1. The van der Waals surface area contributed by atoms with Crippen molar-refractivity contribution in [3.8, 4) is 0 Å². The molecule has 0 aliphatic carbocycles. The second kappa shape index (κ2) is 4.01. The van der Waals surface area contributed by atoms with Crippen LogP contribution in [0.2, 0.25) is 0 Å². The summed E-state index contributed by atoms with van der Waals surface area (Å²) < 4.78 is 0. The number of aliphatic hydroxyl groups is 1. The zero-order valence-electron chi connectivity index (χ0n) is 5.94. The van der Waals surface area contributed by atoms with Crippen molar-refractivity contribution in [1.82, 2.24) is 5.32 Å². The molecule has 9 heavy (non-hydrogen) atoms. The maximum Gasteiger partial charge on any atom is 0.105 e. The lowest BCUT2D eigenvalue weighted by atomic mass is 10.4. The first-order valence-electron chi connectivity index (χ1n) is 2.97. The van der Waals surface area contributed by atoms with Gasteiger partial charge in [0.05, 0.1) is 0 Å². The van der Waals surface area contributed by atoms with Gasteiger partial charge in [-0.1, -0.05) is 13.5 Å². The van der Waals surface area contributed by atoms with Crippen LogP contribution in [0.5, 0.6) is 0 Å². The lowest BCUT2D eigenvalue weighted by Gasteiger charge is -1.99. The van der Waals surface area contributed by atoms with Crippen LogP contribution in [-0.2, 0) is 0 Å². The summed E-state index contributed by atoms with van der Waals surface area (Å²) in [5.41, 5.74) is 0.906. The Morgan fingerprint density at radius 1 is 1.78 bits per heavy atom. The molecule has 2 nitrogen and oxygen atoms in total. The highest BCUT2D eigenvalue weighted by atomic mass is 16.3. The first kappa shape index (κ1) is 8.08. The Kier molecular flexibility index (Phi) is 3.60. The topological polar surface area (TPSA) is 32.3 Å². The Labute approximate surface area is 55.9 Å². The minimum absolute atomic E-state index is 0.268. The molecule has 0 radical (unpaired) electrons. The highest BCUT2D eigenvalue weighted by Crippen LogP contribution is 1.90. The van der Waals surface area contributed by atoms with Crippen molar-refractivity contribution >= 4 is 0 Å². The summed E-state index contributed by atoms with van der Waals surface area (Å²) in [5, 5.41) is 11.5. The van der Waals surface area contributed by atoms with Gasteiger partial charge in [-0.05, 0) is 13.3 Å². The molecule has 0 aromatic carbocycles. The molecule has 52 valence electrons. The average Bonchev–Trinajstić information content (AvgIpc) is 1.83. The van der Waals surface area contributed by atoms with Crippen LogP contribution < -0.4 is 5.32 Å². The highest BCUT2D eigenvalue weighted by molar-refractivity contribution is 4.97. The van der Waals surface area contributed by atoms with Gasteiger partial charge in [-0.25, -0.2) is 0 Å². The molecule has 0 saturated heterocycles. The van der Waals surface area contributed by atoms with Crippen LogP contribution in [0.15, 0.2) is 24.2 Å². The number of allylic oxidation sites excluding steroid dienone is 2. The number of nitrogens with one attached hydrogen (secondary N) is 1. The van der Waals surface area contributed by atoms with Crippen molar-refractivity contribution in [2.45, 2.75) is 20.3 Å². The maximum atomic E-state index is 8.65. The number of rotatable bonds is 3. The van der Waals surface area contributed by atoms with E-state index in [1.165, 1.54) is 6.20 Å². The maximum absolute atomic E-state index is 8.65. The first-order valence-corrected chi connectivity index (χ1v) is 2.97. The second-order valence-corrected chi connectivity index (χ2v) is 1.89. The van der Waals surface area contributed by atoms with E-state index in [4.69, 9.17) is 5.11 Å². The highest BCUT2D eigenvalue weighted by Gasteiger charge is 1.82. The van der Waals surface area contributed by atoms with E-state index >= 15 is 0 Å². The molecule has 2 heteroatoms. The van der Waals surface area contributed by atoms with E-state index in [0.717, 1.165) is 12.1 Å². The van der Waals surface area contributed by atoms with Gasteiger partial charge in [0.2, 0.25) is 0 Å². The quantitative estimate of drug-likeness (QED) is 0.568. The van der Waals surface area contributed by atoms with E-state index in [2.05, 4.69) is 11.9 Å². The van der Waals surface area contributed by atoms with E-state index in [9.17, 15) is 0 Å². The van der Waals surface area contributed by atoms with E-state index in [-0.39, 0.29) is 5.76 Å². The SMILES string of the molecule is C=C(CC)N/C=C(\C)O. The summed E-state index contributed by atoms with van der Waals surface area (Å²) in [7, 11) is 0.